The molecule has 21 heavy (non-hydrogen) atoms. The fraction of sp³-hybridized carbons (Fsp3) is 0.400. The van der Waals surface area contributed by atoms with Crippen LogP contribution in [0.25, 0.3) is 0 Å². The van der Waals surface area contributed by atoms with Gasteiger partial charge in [0.2, 0.25) is 0 Å². The zero-order chi connectivity index (χ0) is 14.8. The highest BCUT2D eigenvalue weighted by molar-refractivity contribution is 5.50. The van der Waals surface area contributed by atoms with Gasteiger partial charge >= 0.3 is 0 Å². The second-order valence-corrected chi connectivity index (χ2v) is 5.31. The van der Waals surface area contributed by atoms with E-state index in [1.165, 1.54) is 0 Å². The van der Waals surface area contributed by atoms with Gasteiger partial charge in [-0.3, -0.25) is 4.98 Å². The Morgan fingerprint density at radius 2 is 1.62 bits per heavy atom. The van der Waals surface area contributed by atoms with E-state index in [4.69, 9.17) is 5.73 Å². The van der Waals surface area contributed by atoms with Gasteiger partial charge in [0, 0.05) is 26.2 Å². The lowest BCUT2D eigenvalue weighted by atomic mass is 10.2. The van der Waals surface area contributed by atoms with Crippen molar-refractivity contribution in [2.75, 3.05) is 41.7 Å². The van der Waals surface area contributed by atoms with E-state index in [2.05, 4.69) is 24.8 Å². The topological polar surface area (TPSA) is 71.2 Å². The van der Waals surface area contributed by atoms with Gasteiger partial charge in [-0.1, -0.05) is 0 Å². The molecule has 1 saturated heterocycles. The van der Waals surface area contributed by atoms with E-state index in [9.17, 15) is 0 Å². The molecule has 0 aromatic carbocycles. The fourth-order valence-corrected chi connectivity index (χ4v) is 2.46. The molecule has 2 aromatic rings. The van der Waals surface area contributed by atoms with E-state index < -0.39 is 0 Å². The monoisotopic (exact) mass is 284 g/mol. The Morgan fingerprint density at radius 1 is 0.905 bits per heavy atom. The maximum atomic E-state index is 5.63. The van der Waals surface area contributed by atoms with E-state index >= 15 is 0 Å². The number of pyridine rings is 1. The SMILES string of the molecule is Cc1ncc(N2CCN(c3ccc(N)nc3)CC2)nc1C. The molecule has 2 aromatic heterocycles. The first kappa shape index (κ1) is 13.6. The van der Waals surface area contributed by atoms with Crippen LogP contribution in [0.5, 0.6) is 0 Å². The molecule has 1 fully saturated rings. The minimum absolute atomic E-state index is 0.558. The molecule has 0 spiro atoms. The van der Waals surface area contributed by atoms with Crippen molar-refractivity contribution < 1.29 is 0 Å². The molecule has 2 N–H and O–H groups in total. The van der Waals surface area contributed by atoms with Gasteiger partial charge in [0.1, 0.15) is 11.6 Å². The van der Waals surface area contributed by atoms with Crippen molar-refractivity contribution in [1.82, 2.24) is 15.0 Å². The van der Waals surface area contributed by atoms with Crippen LogP contribution in [0, 0.1) is 13.8 Å². The van der Waals surface area contributed by atoms with Crippen molar-refractivity contribution in [3.05, 3.63) is 35.9 Å². The third-order valence-corrected chi connectivity index (χ3v) is 3.92. The van der Waals surface area contributed by atoms with E-state index in [1.807, 2.05) is 38.4 Å². The molecule has 0 bridgehead atoms. The third-order valence-electron chi connectivity index (χ3n) is 3.92. The van der Waals surface area contributed by atoms with Gasteiger partial charge in [0.25, 0.3) is 0 Å². The highest BCUT2D eigenvalue weighted by atomic mass is 15.3. The second-order valence-electron chi connectivity index (χ2n) is 5.31. The van der Waals surface area contributed by atoms with Crippen LogP contribution < -0.4 is 15.5 Å². The van der Waals surface area contributed by atoms with Gasteiger partial charge < -0.3 is 15.5 Å². The average Bonchev–Trinajstić information content (AvgIpc) is 2.51. The number of hydrogen-bond acceptors (Lipinski definition) is 6. The number of piperazine rings is 1. The van der Waals surface area contributed by atoms with Crippen LogP contribution in [0.15, 0.2) is 24.5 Å². The lowest BCUT2D eigenvalue weighted by Crippen LogP contribution is -2.47. The van der Waals surface area contributed by atoms with Crippen LogP contribution in [0.4, 0.5) is 17.3 Å². The summed E-state index contributed by atoms with van der Waals surface area (Å²) >= 11 is 0. The van der Waals surface area contributed by atoms with Crippen LogP contribution in [0.3, 0.4) is 0 Å². The van der Waals surface area contributed by atoms with Gasteiger partial charge in [0.15, 0.2) is 0 Å². The zero-order valence-electron chi connectivity index (χ0n) is 12.5. The third kappa shape index (κ3) is 2.89. The molecule has 3 rings (SSSR count). The molecule has 0 atom stereocenters. The molecule has 0 aliphatic carbocycles. The molecular weight excluding hydrogens is 264 g/mol. The molecule has 6 nitrogen and oxygen atoms in total. The Hall–Kier alpha value is -2.37. The molecular formula is C15H20N6. The highest BCUT2D eigenvalue weighted by Crippen LogP contribution is 2.19. The largest absolute Gasteiger partial charge is 0.384 e. The molecule has 3 heterocycles. The van der Waals surface area contributed by atoms with Crippen molar-refractivity contribution in [2.45, 2.75) is 13.8 Å². The van der Waals surface area contributed by atoms with Gasteiger partial charge in [-0.05, 0) is 26.0 Å². The summed E-state index contributed by atoms with van der Waals surface area (Å²) in [5.74, 6) is 1.52. The Balaban J connectivity index is 1.67. The van der Waals surface area contributed by atoms with Crippen LogP contribution in [0.1, 0.15) is 11.4 Å². The highest BCUT2D eigenvalue weighted by Gasteiger charge is 2.19. The average molecular weight is 284 g/mol. The summed E-state index contributed by atoms with van der Waals surface area (Å²) < 4.78 is 0. The van der Waals surface area contributed by atoms with Gasteiger partial charge in [-0.25, -0.2) is 9.97 Å². The van der Waals surface area contributed by atoms with E-state index in [0.717, 1.165) is 49.1 Å². The first-order valence-electron chi connectivity index (χ1n) is 7.15. The maximum absolute atomic E-state index is 5.63. The molecule has 0 radical (unpaired) electrons. The standard InChI is InChI=1S/C15H20N6/c1-11-12(2)19-15(10-17-11)21-7-5-20(6-8-21)13-3-4-14(16)18-9-13/h3-4,9-10H,5-8H2,1-2H3,(H2,16,18). The smallest absolute Gasteiger partial charge is 0.147 e. The van der Waals surface area contributed by atoms with Crippen molar-refractivity contribution in [3.8, 4) is 0 Å². The Morgan fingerprint density at radius 3 is 2.24 bits per heavy atom. The summed E-state index contributed by atoms with van der Waals surface area (Å²) in [6.45, 7) is 7.74. The van der Waals surface area contributed by atoms with Crippen molar-refractivity contribution in [1.29, 1.82) is 0 Å². The number of nitrogens with two attached hydrogens (primary N) is 1. The van der Waals surface area contributed by atoms with E-state index in [-0.39, 0.29) is 0 Å². The number of rotatable bonds is 2. The van der Waals surface area contributed by atoms with Crippen LogP contribution in [0.2, 0.25) is 0 Å². The maximum Gasteiger partial charge on any atom is 0.147 e. The van der Waals surface area contributed by atoms with Gasteiger partial charge in [0.05, 0.1) is 29.5 Å². The molecule has 6 heteroatoms. The molecule has 0 amide bonds. The minimum Gasteiger partial charge on any atom is -0.384 e. The summed E-state index contributed by atoms with van der Waals surface area (Å²) in [5.41, 5.74) is 8.74. The predicted octanol–water partition coefficient (Wildman–Crippen LogP) is 1.40. The van der Waals surface area contributed by atoms with Crippen LogP contribution in [-0.2, 0) is 0 Å². The minimum atomic E-state index is 0.558. The van der Waals surface area contributed by atoms with Crippen molar-refractivity contribution in [2.24, 2.45) is 0 Å². The van der Waals surface area contributed by atoms with E-state index in [0.29, 0.717) is 5.82 Å². The molecule has 1 aliphatic heterocycles. The normalized spacial score (nSPS) is 15.3. The quantitative estimate of drug-likeness (QED) is 0.898. The Bertz CT molecular complexity index is 617. The van der Waals surface area contributed by atoms with Gasteiger partial charge in [-0.15, -0.1) is 0 Å². The Kier molecular flexibility index (Phi) is 3.60. The summed E-state index contributed by atoms with van der Waals surface area (Å²) in [6, 6.07) is 3.87. The molecule has 0 saturated carbocycles. The van der Waals surface area contributed by atoms with E-state index in [1.54, 1.807) is 0 Å². The lowest BCUT2D eigenvalue weighted by molar-refractivity contribution is 0.644. The van der Waals surface area contributed by atoms with Crippen molar-refractivity contribution >= 4 is 17.3 Å². The van der Waals surface area contributed by atoms with Crippen LogP contribution in [-0.4, -0.2) is 41.1 Å². The van der Waals surface area contributed by atoms with Crippen molar-refractivity contribution in [3.63, 3.8) is 0 Å². The molecule has 0 unspecified atom stereocenters. The number of aromatic nitrogens is 3. The van der Waals surface area contributed by atoms with Gasteiger partial charge in [-0.2, -0.15) is 0 Å². The number of nitrogen functional groups attached to an aromatic ring is 1. The summed E-state index contributed by atoms with van der Waals surface area (Å²) in [5, 5.41) is 0. The summed E-state index contributed by atoms with van der Waals surface area (Å²) in [6.07, 6.45) is 3.70. The lowest BCUT2D eigenvalue weighted by Gasteiger charge is -2.36. The van der Waals surface area contributed by atoms with Crippen LogP contribution >= 0.6 is 0 Å². The first-order valence-corrected chi connectivity index (χ1v) is 7.15. The Labute approximate surface area is 124 Å². The number of anilines is 3. The molecule has 110 valence electrons. The molecule has 1 aliphatic rings. The summed E-state index contributed by atoms with van der Waals surface area (Å²) in [4.78, 5) is 17.8. The predicted molar refractivity (Wildman–Crippen MR) is 84.6 cm³/mol. The first-order chi connectivity index (χ1) is 10.1. The second kappa shape index (κ2) is 5.55. The number of nitrogens with zero attached hydrogens (tertiary/aromatic N) is 5. The fourth-order valence-electron chi connectivity index (χ4n) is 2.46. The number of aryl methyl sites for hydroxylation is 2. The zero-order valence-corrected chi connectivity index (χ0v) is 12.5. The summed E-state index contributed by atoms with van der Waals surface area (Å²) in [7, 11) is 0. The number of hydrogen-bond donors (Lipinski definition) is 1.